The molecule has 0 unspecified atom stereocenters. The van der Waals surface area contributed by atoms with Crippen LogP contribution in [0.15, 0.2) is 40.8 Å². The molecule has 0 aliphatic heterocycles. The molecule has 0 aliphatic carbocycles. The van der Waals surface area contributed by atoms with Gasteiger partial charge in [0.25, 0.3) is 0 Å². The smallest absolute Gasteiger partial charge is 0.192 e. The number of oxazole rings is 1. The summed E-state index contributed by atoms with van der Waals surface area (Å²) in [6.45, 7) is 2.25. The zero-order valence-electron chi connectivity index (χ0n) is 10.9. The molecule has 0 bridgehead atoms. The lowest BCUT2D eigenvalue weighted by Crippen LogP contribution is -2.00. The number of aromatic hydroxyl groups is 1. The number of halogens is 1. The summed E-state index contributed by atoms with van der Waals surface area (Å²) in [6.07, 6.45) is 0. The number of fused-ring (bicyclic) bond motifs is 1. The number of benzene rings is 2. The van der Waals surface area contributed by atoms with E-state index >= 15 is 0 Å². The van der Waals surface area contributed by atoms with Gasteiger partial charge in [-0.15, -0.1) is 0 Å². The van der Waals surface area contributed by atoms with Gasteiger partial charge in [0, 0.05) is 29.7 Å². The number of aromatic nitrogens is 1. The van der Waals surface area contributed by atoms with Crippen LogP contribution in [0, 0.1) is 6.92 Å². The number of nitrogens with zero attached hydrogens (tertiary/aromatic N) is 1. The number of nitrogens with one attached hydrogen (secondary N) is 1. The monoisotopic (exact) mass is 288 g/mol. The Morgan fingerprint density at radius 1 is 1.30 bits per heavy atom. The number of phenols is 1. The third kappa shape index (κ3) is 2.42. The second kappa shape index (κ2) is 5.06. The van der Waals surface area contributed by atoms with Crippen LogP contribution in [0.25, 0.3) is 11.1 Å². The molecule has 0 aliphatic rings. The first kappa shape index (κ1) is 12.8. The molecule has 0 fully saturated rings. The van der Waals surface area contributed by atoms with Gasteiger partial charge in [0.1, 0.15) is 11.3 Å². The maximum atomic E-state index is 9.79. The molecule has 1 heterocycles. The number of hydrogen-bond acceptors (Lipinski definition) is 4. The van der Waals surface area contributed by atoms with Crippen molar-refractivity contribution in [2.75, 3.05) is 5.32 Å². The average Bonchev–Trinajstić information content (AvgIpc) is 2.77. The van der Waals surface area contributed by atoms with E-state index in [-0.39, 0.29) is 5.75 Å². The van der Waals surface area contributed by atoms with Crippen LogP contribution in [-0.2, 0) is 6.54 Å². The molecule has 2 N–H and O–H groups in total. The number of aryl methyl sites for hydroxylation is 1. The van der Waals surface area contributed by atoms with E-state index in [1.54, 1.807) is 18.2 Å². The van der Waals surface area contributed by atoms with Crippen molar-refractivity contribution >= 4 is 28.4 Å². The summed E-state index contributed by atoms with van der Waals surface area (Å²) >= 11 is 6.07. The summed E-state index contributed by atoms with van der Waals surface area (Å²) in [7, 11) is 0. The molecule has 3 rings (SSSR count). The lowest BCUT2D eigenvalue weighted by molar-refractivity contribution is 0.469. The Morgan fingerprint density at radius 2 is 2.15 bits per heavy atom. The van der Waals surface area contributed by atoms with E-state index in [0.717, 1.165) is 16.8 Å². The number of anilines is 1. The van der Waals surface area contributed by atoms with Gasteiger partial charge in [-0.3, -0.25) is 0 Å². The highest BCUT2D eigenvalue weighted by atomic mass is 35.5. The van der Waals surface area contributed by atoms with Gasteiger partial charge in [-0.2, -0.15) is 0 Å². The molecule has 1 aromatic heterocycles. The second-order valence-corrected chi connectivity index (χ2v) is 4.91. The van der Waals surface area contributed by atoms with E-state index in [0.29, 0.717) is 23.0 Å². The maximum Gasteiger partial charge on any atom is 0.192 e. The average molecular weight is 289 g/mol. The minimum atomic E-state index is 0.184. The van der Waals surface area contributed by atoms with Gasteiger partial charge in [0.15, 0.2) is 11.5 Å². The van der Waals surface area contributed by atoms with Crippen LogP contribution in [0.4, 0.5) is 5.69 Å². The van der Waals surface area contributed by atoms with Crippen LogP contribution in [-0.4, -0.2) is 10.1 Å². The fourth-order valence-electron chi connectivity index (χ4n) is 2.07. The quantitative estimate of drug-likeness (QED) is 0.761. The van der Waals surface area contributed by atoms with Crippen LogP contribution < -0.4 is 5.32 Å². The summed E-state index contributed by atoms with van der Waals surface area (Å²) in [5, 5.41) is 13.5. The fraction of sp³-hybridized carbons (Fsp3) is 0.133. The standard InChI is InChI=1S/C15H13ClN2O2/c1-9-18-13-7-10(5-6-15(13)20-9)17-8-11-12(16)3-2-4-14(11)19/h2-7,17,19H,8H2,1H3. The number of hydrogen-bond donors (Lipinski definition) is 2. The van der Waals surface area contributed by atoms with Gasteiger partial charge in [-0.05, 0) is 30.3 Å². The third-order valence-corrected chi connectivity index (χ3v) is 3.41. The SMILES string of the molecule is Cc1nc2cc(NCc3c(O)cccc3Cl)ccc2o1. The van der Waals surface area contributed by atoms with Gasteiger partial charge < -0.3 is 14.8 Å². The molecule has 0 spiro atoms. The van der Waals surface area contributed by atoms with Crippen LogP contribution in [0.3, 0.4) is 0 Å². The number of phenolic OH excluding ortho intramolecular Hbond substituents is 1. The van der Waals surface area contributed by atoms with Crippen LogP contribution in [0.2, 0.25) is 5.02 Å². The summed E-state index contributed by atoms with van der Waals surface area (Å²) < 4.78 is 5.42. The zero-order chi connectivity index (χ0) is 14.1. The molecule has 102 valence electrons. The highest BCUT2D eigenvalue weighted by molar-refractivity contribution is 6.31. The molecule has 5 heteroatoms. The van der Waals surface area contributed by atoms with Crippen molar-refractivity contribution in [3.8, 4) is 5.75 Å². The molecule has 4 nitrogen and oxygen atoms in total. The van der Waals surface area contributed by atoms with Crippen molar-refractivity contribution in [3.63, 3.8) is 0 Å². The highest BCUT2D eigenvalue weighted by Gasteiger charge is 2.07. The summed E-state index contributed by atoms with van der Waals surface area (Å²) in [5.74, 6) is 0.823. The lowest BCUT2D eigenvalue weighted by atomic mass is 10.2. The Morgan fingerprint density at radius 3 is 2.95 bits per heavy atom. The Balaban J connectivity index is 1.83. The van der Waals surface area contributed by atoms with Crippen molar-refractivity contribution < 1.29 is 9.52 Å². The molecule has 0 saturated carbocycles. The van der Waals surface area contributed by atoms with Crippen molar-refractivity contribution in [2.24, 2.45) is 0 Å². The van der Waals surface area contributed by atoms with Crippen LogP contribution >= 0.6 is 11.6 Å². The van der Waals surface area contributed by atoms with Crippen LogP contribution in [0.1, 0.15) is 11.5 Å². The molecule has 0 amide bonds. The van der Waals surface area contributed by atoms with E-state index in [9.17, 15) is 5.11 Å². The molecule has 3 aromatic rings. The van der Waals surface area contributed by atoms with Gasteiger partial charge in [0.05, 0.1) is 0 Å². The van der Waals surface area contributed by atoms with Crippen LogP contribution in [0.5, 0.6) is 5.75 Å². The van der Waals surface area contributed by atoms with E-state index in [4.69, 9.17) is 16.0 Å². The predicted octanol–water partition coefficient (Wildman–Crippen LogP) is 4.11. The summed E-state index contributed by atoms with van der Waals surface area (Å²) in [4.78, 5) is 4.28. The maximum absolute atomic E-state index is 9.79. The molecule has 0 atom stereocenters. The van der Waals surface area contributed by atoms with Gasteiger partial charge >= 0.3 is 0 Å². The fourth-order valence-corrected chi connectivity index (χ4v) is 2.30. The van der Waals surface area contributed by atoms with E-state index in [1.807, 2.05) is 25.1 Å². The van der Waals surface area contributed by atoms with Crippen molar-refractivity contribution in [1.29, 1.82) is 0 Å². The highest BCUT2D eigenvalue weighted by Crippen LogP contribution is 2.27. The molecule has 0 radical (unpaired) electrons. The largest absolute Gasteiger partial charge is 0.508 e. The normalized spacial score (nSPS) is 10.9. The summed E-state index contributed by atoms with van der Waals surface area (Å²) in [5.41, 5.74) is 3.13. The van der Waals surface area contributed by atoms with Gasteiger partial charge in [-0.1, -0.05) is 17.7 Å². The van der Waals surface area contributed by atoms with Crippen molar-refractivity contribution in [3.05, 3.63) is 52.9 Å². The minimum Gasteiger partial charge on any atom is -0.508 e. The Kier molecular flexibility index (Phi) is 3.24. The summed E-state index contributed by atoms with van der Waals surface area (Å²) in [6, 6.07) is 10.8. The van der Waals surface area contributed by atoms with E-state index in [2.05, 4.69) is 10.3 Å². The molecular formula is C15H13ClN2O2. The first-order chi connectivity index (χ1) is 9.63. The van der Waals surface area contributed by atoms with Gasteiger partial charge in [-0.25, -0.2) is 4.98 Å². The van der Waals surface area contributed by atoms with E-state index < -0.39 is 0 Å². The molecule has 0 saturated heterocycles. The molecular weight excluding hydrogens is 276 g/mol. The Hall–Kier alpha value is -2.20. The first-order valence-electron chi connectivity index (χ1n) is 6.21. The molecule has 20 heavy (non-hydrogen) atoms. The third-order valence-electron chi connectivity index (χ3n) is 3.06. The lowest BCUT2D eigenvalue weighted by Gasteiger charge is -2.09. The van der Waals surface area contributed by atoms with Crippen molar-refractivity contribution in [1.82, 2.24) is 4.98 Å². The van der Waals surface area contributed by atoms with Gasteiger partial charge in [0.2, 0.25) is 0 Å². The Labute approximate surface area is 121 Å². The number of rotatable bonds is 3. The van der Waals surface area contributed by atoms with Crippen molar-refractivity contribution in [2.45, 2.75) is 13.5 Å². The minimum absolute atomic E-state index is 0.184. The first-order valence-corrected chi connectivity index (χ1v) is 6.59. The van der Waals surface area contributed by atoms with E-state index in [1.165, 1.54) is 0 Å². The zero-order valence-corrected chi connectivity index (χ0v) is 11.6. The topological polar surface area (TPSA) is 58.3 Å². The predicted molar refractivity (Wildman–Crippen MR) is 79.2 cm³/mol. The molecule has 2 aromatic carbocycles. The second-order valence-electron chi connectivity index (χ2n) is 4.51. The Bertz CT molecular complexity index is 747.